The van der Waals surface area contributed by atoms with Gasteiger partial charge in [0.05, 0.1) is 12.0 Å². The number of methoxy groups -OCH3 is 1. The molecular formula is C16H22N2O5S. The molecule has 24 heavy (non-hydrogen) atoms. The zero-order chi connectivity index (χ0) is 17.2. The number of piperazine rings is 1. The number of carbonyl (C=O) groups excluding carboxylic acids is 1. The molecule has 0 bridgehead atoms. The Morgan fingerprint density at radius 3 is 2.38 bits per heavy atom. The minimum atomic E-state index is -3.55. The van der Waals surface area contributed by atoms with Crippen molar-refractivity contribution in [2.75, 3.05) is 39.9 Å². The van der Waals surface area contributed by atoms with E-state index in [-0.39, 0.29) is 16.9 Å². The van der Waals surface area contributed by atoms with Crippen LogP contribution in [0.3, 0.4) is 0 Å². The molecule has 0 aromatic heterocycles. The number of nitrogens with zero attached hydrogens (tertiary/aromatic N) is 2. The largest absolute Gasteiger partial charge is 0.497 e. The summed E-state index contributed by atoms with van der Waals surface area (Å²) in [5.41, 5.74) is 0. The fraction of sp³-hybridized carbons (Fsp3) is 0.562. The smallest absolute Gasteiger partial charge is 0.251 e. The van der Waals surface area contributed by atoms with E-state index in [1.54, 1.807) is 17.0 Å². The molecule has 0 unspecified atom stereocenters. The monoisotopic (exact) mass is 354 g/mol. The van der Waals surface area contributed by atoms with Gasteiger partial charge in [0.25, 0.3) is 5.91 Å². The van der Waals surface area contributed by atoms with Crippen LogP contribution in [0.1, 0.15) is 12.8 Å². The van der Waals surface area contributed by atoms with Crippen molar-refractivity contribution in [2.45, 2.75) is 23.8 Å². The van der Waals surface area contributed by atoms with E-state index in [9.17, 15) is 13.2 Å². The van der Waals surface area contributed by atoms with Crippen LogP contribution >= 0.6 is 0 Å². The second-order valence-electron chi connectivity index (χ2n) is 5.91. The Kier molecular flexibility index (Phi) is 5.07. The number of hydrogen-bond acceptors (Lipinski definition) is 5. The highest BCUT2D eigenvalue weighted by Gasteiger charge is 2.33. The van der Waals surface area contributed by atoms with Crippen LogP contribution in [0.5, 0.6) is 5.75 Å². The van der Waals surface area contributed by atoms with Crippen LogP contribution in [0.2, 0.25) is 0 Å². The highest BCUT2D eigenvalue weighted by Crippen LogP contribution is 2.22. The minimum Gasteiger partial charge on any atom is -0.497 e. The Bertz CT molecular complexity index is 675. The quantitative estimate of drug-likeness (QED) is 0.796. The molecule has 7 nitrogen and oxygen atoms in total. The van der Waals surface area contributed by atoms with E-state index in [1.807, 2.05) is 0 Å². The second-order valence-corrected chi connectivity index (χ2v) is 7.84. The van der Waals surface area contributed by atoms with E-state index >= 15 is 0 Å². The fourth-order valence-electron chi connectivity index (χ4n) is 3.02. The van der Waals surface area contributed by atoms with Crippen molar-refractivity contribution in [1.29, 1.82) is 0 Å². The normalized spacial score (nSPS) is 22.5. The average Bonchev–Trinajstić information content (AvgIpc) is 3.16. The second kappa shape index (κ2) is 7.08. The maximum absolute atomic E-state index is 12.7. The molecule has 0 saturated carbocycles. The first-order valence-electron chi connectivity index (χ1n) is 8.07. The van der Waals surface area contributed by atoms with Gasteiger partial charge in [-0.05, 0) is 37.1 Å². The molecule has 1 amide bonds. The maximum atomic E-state index is 12.7. The molecule has 8 heteroatoms. The number of carbonyl (C=O) groups is 1. The fourth-order valence-corrected chi connectivity index (χ4v) is 4.44. The van der Waals surface area contributed by atoms with Gasteiger partial charge in [0.2, 0.25) is 10.0 Å². The Hall–Kier alpha value is -1.64. The van der Waals surface area contributed by atoms with Crippen molar-refractivity contribution in [3.63, 3.8) is 0 Å². The molecule has 2 heterocycles. The van der Waals surface area contributed by atoms with Gasteiger partial charge in [-0.3, -0.25) is 4.79 Å². The molecule has 3 rings (SSSR count). The molecule has 2 fully saturated rings. The standard InChI is InChI=1S/C16H22N2O5S/c1-22-13-4-6-14(7-5-13)24(20,21)18-10-8-17(9-11-18)16(19)15-3-2-12-23-15/h4-7,15H,2-3,8-12H2,1H3/t15-/m1/s1. The lowest BCUT2D eigenvalue weighted by Gasteiger charge is -2.35. The first kappa shape index (κ1) is 17.2. The first-order chi connectivity index (χ1) is 11.5. The predicted octanol–water partition coefficient (Wildman–Crippen LogP) is 0.707. The van der Waals surface area contributed by atoms with Crippen molar-refractivity contribution in [3.8, 4) is 5.75 Å². The van der Waals surface area contributed by atoms with Crippen molar-refractivity contribution in [3.05, 3.63) is 24.3 Å². The summed E-state index contributed by atoms with van der Waals surface area (Å²) in [6.45, 7) is 2.02. The van der Waals surface area contributed by atoms with E-state index in [4.69, 9.17) is 9.47 Å². The average molecular weight is 354 g/mol. The van der Waals surface area contributed by atoms with Crippen molar-refractivity contribution < 1.29 is 22.7 Å². The molecule has 0 N–H and O–H groups in total. The summed E-state index contributed by atoms with van der Waals surface area (Å²) in [7, 11) is -2.01. The van der Waals surface area contributed by atoms with Gasteiger partial charge in [0, 0.05) is 32.8 Å². The van der Waals surface area contributed by atoms with Crippen LogP contribution in [0.15, 0.2) is 29.2 Å². The third kappa shape index (κ3) is 3.40. The van der Waals surface area contributed by atoms with Crippen molar-refractivity contribution in [1.82, 2.24) is 9.21 Å². The molecule has 132 valence electrons. The maximum Gasteiger partial charge on any atom is 0.251 e. The zero-order valence-corrected chi connectivity index (χ0v) is 14.5. The van der Waals surface area contributed by atoms with Gasteiger partial charge < -0.3 is 14.4 Å². The van der Waals surface area contributed by atoms with Crippen LogP contribution in [0.4, 0.5) is 0 Å². The summed E-state index contributed by atoms with van der Waals surface area (Å²) in [5, 5.41) is 0. The molecule has 2 saturated heterocycles. The molecule has 0 radical (unpaired) electrons. The van der Waals surface area contributed by atoms with Gasteiger partial charge >= 0.3 is 0 Å². The summed E-state index contributed by atoms with van der Waals surface area (Å²) >= 11 is 0. The van der Waals surface area contributed by atoms with Crippen LogP contribution in [-0.4, -0.2) is 69.5 Å². The number of ether oxygens (including phenoxy) is 2. The molecule has 1 aromatic carbocycles. The number of benzene rings is 1. The molecule has 0 spiro atoms. The lowest BCUT2D eigenvalue weighted by molar-refractivity contribution is -0.142. The molecular weight excluding hydrogens is 332 g/mol. The number of amides is 1. The first-order valence-corrected chi connectivity index (χ1v) is 9.51. The van der Waals surface area contributed by atoms with Gasteiger partial charge in [-0.25, -0.2) is 8.42 Å². The molecule has 0 aliphatic carbocycles. The Morgan fingerprint density at radius 1 is 1.17 bits per heavy atom. The third-order valence-corrected chi connectivity index (χ3v) is 6.37. The van der Waals surface area contributed by atoms with Crippen molar-refractivity contribution >= 4 is 15.9 Å². The Balaban J connectivity index is 1.63. The van der Waals surface area contributed by atoms with E-state index in [0.29, 0.717) is 38.5 Å². The van der Waals surface area contributed by atoms with Gasteiger partial charge in [-0.1, -0.05) is 0 Å². The van der Waals surface area contributed by atoms with E-state index in [0.717, 1.165) is 12.8 Å². The summed E-state index contributed by atoms with van der Waals surface area (Å²) in [6.07, 6.45) is 1.31. The lowest BCUT2D eigenvalue weighted by Crippen LogP contribution is -2.52. The minimum absolute atomic E-state index is 0.0194. The summed E-state index contributed by atoms with van der Waals surface area (Å²) in [4.78, 5) is 14.3. The van der Waals surface area contributed by atoms with Crippen LogP contribution in [0, 0.1) is 0 Å². The van der Waals surface area contributed by atoms with Gasteiger partial charge in [-0.15, -0.1) is 0 Å². The number of rotatable bonds is 4. The lowest BCUT2D eigenvalue weighted by atomic mass is 10.2. The third-order valence-electron chi connectivity index (χ3n) is 4.45. The Morgan fingerprint density at radius 2 is 1.83 bits per heavy atom. The summed E-state index contributed by atoms with van der Waals surface area (Å²) in [5.74, 6) is 0.593. The van der Waals surface area contributed by atoms with Gasteiger partial charge in [-0.2, -0.15) is 4.31 Å². The summed E-state index contributed by atoms with van der Waals surface area (Å²) in [6, 6.07) is 6.34. The van der Waals surface area contributed by atoms with Gasteiger partial charge in [0.15, 0.2) is 0 Å². The topological polar surface area (TPSA) is 76.2 Å². The predicted molar refractivity (Wildman–Crippen MR) is 87.3 cm³/mol. The van der Waals surface area contributed by atoms with Crippen molar-refractivity contribution in [2.24, 2.45) is 0 Å². The Labute approximate surface area is 142 Å². The highest BCUT2D eigenvalue weighted by molar-refractivity contribution is 7.89. The number of sulfonamides is 1. The SMILES string of the molecule is COc1ccc(S(=O)(=O)N2CCN(C(=O)[C@H]3CCCO3)CC2)cc1. The van der Waals surface area contributed by atoms with E-state index in [2.05, 4.69) is 0 Å². The van der Waals surface area contributed by atoms with Crippen LogP contribution in [-0.2, 0) is 19.6 Å². The number of hydrogen-bond donors (Lipinski definition) is 0. The molecule has 2 aliphatic heterocycles. The van der Waals surface area contributed by atoms with E-state index in [1.165, 1.54) is 23.5 Å². The molecule has 1 atom stereocenters. The van der Waals surface area contributed by atoms with Crippen LogP contribution in [0.25, 0.3) is 0 Å². The molecule has 2 aliphatic rings. The van der Waals surface area contributed by atoms with Gasteiger partial charge in [0.1, 0.15) is 11.9 Å². The summed E-state index contributed by atoms with van der Waals surface area (Å²) < 4.78 is 37.2. The van der Waals surface area contributed by atoms with Crippen LogP contribution < -0.4 is 4.74 Å². The highest BCUT2D eigenvalue weighted by atomic mass is 32.2. The molecule has 1 aromatic rings. The zero-order valence-electron chi connectivity index (χ0n) is 13.7. The van der Waals surface area contributed by atoms with E-state index < -0.39 is 10.0 Å².